The quantitative estimate of drug-likeness (QED) is 0.703. The Balaban J connectivity index is 0.00000441. The molecule has 4 heteroatoms. The fourth-order valence-corrected chi connectivity index (χ4v) is 3.57. The average Bonchev–Trinajstić information content (AvgIpc) is 2.38. The summed E-state index contributed by atoms with van der Waals surface area (Å²) in [6.07, 6.45) is 1.70. The molecule has 0 aromatic heterocycles. The molecule has 0 saturated carbocycles. The molecule has 1 saturated heterocycles. The predicted molar refractivity (Wildman–Crippen MR) is 86.3 cm³/mol. The molecule has 3 nitrogen and oxygen atoms in total. The maximum atomic E-state index is 12.1. The molecule has 0 aliphatic carbocycles. The Labute approximate surface area is 149 Å². The van der Waals surface area contributed by atoms with Gasteiger partial charge < -0.3 is 9.84 Å². The van der Waals surface area contributed by atoms with Crippen molar-refractivity contribution < 1.29 is 34.1 Å². The van der Waals surface area contributed by atoms with Crippen molar-refractivity contribution in [3.8, 4) is 0 Å². The molecular weight excluding hydrogens is 365 g/mol. The zero-order chi connectivity index (χ0) is 16.6. The van der Waals surface area contributed by atoms with E-state index in [1.54, 1.807) is 0 Å². The van der Waals surface area contributed by atoms with E-state index in [1.165, 1.54) is 0 Å². The van der Waals surface area contributed by atoms with Crippen LogP contribution in [0.3, 0.4) is 0 Å². The zero-order valence-electron chi connectivity index (χ0n) is 15.4. The van der Waals surface area contributed by atoms with Gasteiger partial charge in [-0.3, -0.25) is 0 Å². The molecule has 1 fully saturated rings. The van der Waals surface area contributed by atoms with Crippen molar-refractivity contribution >= 4 is 5.97 Å². The zero-order valence-corrected chi connectivity index (χ0v) is 17.2. The molecule has 0 aromatic carbocycles. The molecule has 1 N–H and O–H groups in total. The van der Waals surface area contributed by atoms with Crippen LogP contribution in [0.25, 0.3) is 0 Å². The SMILES string of the molecule is CCC(C)C(C)C1OC(C(=O)O)(C(C)(C)C)CC(C)C1C.[Ru]. The van der Waals surface area contributed by atoms with E-state index in [2.05, 4.69) is 34.6 Å². The second-order valence-electron chi connectivity index (χ2n) is 8.25. The summed E-state index contributed by atoms with van der Waals surface area (Å²) in [6.45, 7) is 17.0. The third kappa shape index (κ3) is 3.93. The van der Waals surface area contributed by atoms with Crippen molar-refractivity contribution in [3.05, 3.63) is 0 Å². The fraction of sp³-hybridized carbons (Fsp3) is 0.944. The second-order valence-corrected chi connectivity index (χ2v) is 8.25. The van der Waals surface area contributed by atoms with Crippen LogP contribution >= 0.6 is 0 Å². The van der Waals surface area contributed by atoms with E-state index < -0.39 is 17.0 Å². The number of ether oxygens (including phenoxy) is 1. The number of rotatable bonds is 4. The second kappa shape index (κ2) is 7.75. The van der Waals surface area contributed by atoms with E-state index in [-0.39, 0.29) is 25.6 Å². The molecule has 22 heavy (non-hydrogen) atoms. The first-order chi connectivity index (χ1) is 9.48. The summed E-state index contributed by atoms with van der Waals surface area (Å²) in [7, 11) is 0. The van der Waals surface area contributed by atoms with Gasteiger partial charge in [0.05, 0.1) is 6.10 Å². The topological polar surface area (TPSA) is 46.5 Å². The smallest absolute Gasteiger partial charge is 0.336 e. The first kappa shape index (κ1) is 22.1. The Hall–Kier alpha value is 0.0534. The Bertz CT molecular complexity index is 377. The maximum Gasteiger partial charge on any atom is 0.336 e. The van der Waals surface area contributed by atoms with Gasteiger partial charge in [0.15, 0.2) is 5.60 Å². The van der Waals surface area contributed by atoms with Gasteiger partial charge in [0.25, 0.3) is 0 Å². The Morgan fingerprint density at radius 1 is 1.32 bits per heavy atom. The van der Waals surface area contributed by atoms with Gasteiger partial charge in [-0.2, -0.15) is 0 Å². The van der Waals surface area contributed by atoms with Crippen LogP contribution in [-0.2, 0) is 29.0 Å². The normalized spacial score (nSPS) is 35.4. The minimum atomic E-state index is -1.08. The van der Waals surface area contributed by atoms with Gasteiger partial charge in [-0.05, 0) is 30.1 Å². The largest absolute Gasteiger partial charge is 0.479 e. The number of carboxylic acids is 1. The molecule has 0 radical (unpaired) electrons. The first-order valence-electron chi connectivity index (χ1n) is 8.39. The fourth-order valence-electron chi connectivity index (χ4n) is 3.57. The van der Waals surface area contributed by atoms with Crippen LogP contribution in [-0.4, -0.2) is 22.8 Å². The molecule has 1 rings (SSSR count). The van der Waals surface area contributed by atoms with Crippen LogP contribution in [0.4, 0.5) is 0 Å². The summed E-state index contributed by atoms with van der Waals surface area (Å²) in [5, 5.41) is 9.90. The van der Waals surface area contributed by atoms with Crippen LogP contribution in [0.1, 0.15) is 68.2 Å². The van der Waals surface area contributed by atoms with Crippen molar-refractivity contribution in [1.29, 1.82) is 0 Å². The van der Waals surface area contributed by atoms with Gasteiger partial charge in [0, 0.05) is 24.9 Å². The Kier molecular flexibility index (Phi) is 7.77. The predicted octanol–water partition coefficient (Wildman–Crippen LogP) is 4.60. The summed E-state index contributed by atoms with van der Waals surface area (Å²) in [6, 6.07) is 0. The van der Waals surface area contributed by atoms with Crippen LogP contribution in [0.2, 0.25) is 0 Å². The average molecular weight is 400 g/mol. The van der Waals surface area contributed by atoms with Crippen molar-refractivity contribution in [2.24, 2.45) is 29.1 Å². The molecule has 0 amide bonds. The number of hydrogen-bond acceptors (Lipinski definition) is 2. The van der Waals surface area contributed by atoms with Gasteiger partial charge in [0.1, 0.15) is 0 Å². The molecule has 0 spiro atoms. The van der Waals surface area contributed by atoms with Crippen LogP contribution in [0.5, 0.6) is 0 Å². The van der Waals surface area contributed by atoms with Gasteiger partial charge in [0.2, 0.25) is 0 Å². The van der Waals surface area contributed by atoms with Crippen molar-refractivity contribution in [2.75, 3.05) is 0 Å². The molecule has 1 heterocycles. The number of aliphatic carboxylic acids is 1. The number of carbonyl (C=O) groups is 1. The van der Waals surface area contributed by atoms with Crippen molar-refractivity contribution in [1.82, 2.24) is 0 Å². The monoisotopic (exact) mass is 400 g/mol. The van der Waals surface area contributed by atoms with Crippen molar-refractivity contribution in [2.45, 2.75) is 79.9 Å². The molecule has 0 bridgehead atoms. The number of carboxylic acid groups (broad SMARTS) is 1. The van der Waals surface area contributed by atoms with E-state index in [1.807, 2.05) is 20.8 Å². The molecular formula is C18H34O3Ru. The van der Waals surface area contributed by atoms with Gasteiger partial charge in [-0.1, -0.05) is 61.8 Å². The standard InChI is InChI=1S/C18H34O3.Ru/c1-9-11(2)13(4)15-14(5)12(3)10-18(21-15,16(19)20)17(6,7)8;/h11-15H,9-10H2,1-8H3,(H,19,20);. The molecule has 0 aromatic rings. The Morgan fingerprint density at radius 2 is 1.82 bits per heavy atom. The summed E-state index contributed by atoms with van der Waals surface area (Å²) in [4.78, 5) is 12.1. The first-order valence-corrected chi connectivity index (χ1v) is 8.39. The minimum absolute atomic E-state index is 0. The van der Waals surface area contributed by atoms with E-state index in [0.717, 1.165) is 6.42 Å². The summed E-state index contributed by atoms with van der Waals surface area (Å²) in [5.74, 6) is 0.840. The number of hydrogen-bond donors (Lipinski definition) is 1. The van der Waals surface area contributed by atoms with Crippen LogP contribution < -0.4 is 0 Å². The summed E-state index contributed by atoms with van der Waals surface area (Å²) in [5.41, 5.74) is -1.49. The van der Waals surface area contributed by atoms with E-state index >= 15 is 0 Å². The van der Waals surface area contributed by atoms with E-state index in [9.17, 15) is 9.90 Å². The van der Waals surface area contributed by atoms with Gasteiger partial charge >= 0.3 is 5.97 Å². The Morgan fingerprint density at radius 3 is 2.18 bits per heavy atom. The summed E-state index contributed by atoms with van der Waals surface area (Å²) >= 11 is 0. The molecule has 1 aliphatic heterocycles. The van der Waals surface area contributed by atoms with Gasteiger partial charge in [-0.15, -0.1) is 0 Å². The van der Waals surface area contributed by atoms with E-state index in [4.69, 9.17) is 4.74 Å². The molecule has 132 valence electrons. The van der Waals surface area contributed by atoms with Crippen LogP contribution in [0, 0.1) is 29.1 Å². The third-order valence-corrected chi connectivity index (χ3v) is 5.98. The summed E-state index contributed by atoms with van der Waals surface area (Å²) < 4.78 is 6.37. The third-order valence-electron chi connectivity index (χ3n) is 5.98. The van der Waals surface area contributed by atoms with Gasteiger partial charge in [-0.25, -0.2) is 4.79 Å². The van der Waals surface area contributed by atoms with Crippen molar-refractivity contribution in [3.63, 3.8) is 0 Å². The molecule has 1 aliphatic rings. The minimum Gasteiger partial charge on any atom is -0.479 e. The van der Waals surface area contributed by atoms with Crippen LogP contribution in [0.15, 0.2) is 0 Å². The van der Waals surface area contributed by atoms with E-state index in [0.29, 0.717) is 30.1 Å². The molecule has 6 atom stereocenters. The maximum absolute atomic E-state index is 12.1. The molecule has 6 unspecified atom stereocenters.